The molecule has 0 fully saturated rings. The second-order valence-electron chi connectivity index (χ2n) is 8.90. The molecule has 0 radical (unpaired) electrons. The maximum absolute atomic E-state index is 12.9. The molecule has 0 aliphatic heterocycles. The van der Waals surface area contributed by atoms with E-state index in [4.69, 9.17) is 4.98 Å². The van der Waals surface area contributed by atoms with Crippen LogP contribution in [-0.4, -0.2) is 47.5 Å². The summed E-state index contributed by atoms with van der Waals surface area (Å²) in [6.07, 6.45) is 4.42. The number of nitrogens with one attached hydrogen (secondary N) is 1. The van der Waals surface area contributed by atoms with E-state index in [0.717, 1.165) is 35.2 Å². The molecule has 0 bridgehead atoms. The van der Waals surface area contributed by atoms with Crippen LogP contribution in [0.15, 0.2) is 79.1 Å². The van der Waals surface area contributed by atoms with Crippen molar-refractivity contribution in [2.24, 2.45) is 0 Å². The molecule has 0 saturated carbocycles. The molecule has 2 aromatic heterocycles. The van der Waals surface area contributed by atoms with E-state index in [1.165, 1.54) is 11.1 Å². The van der Waals surface area contributed by atoms with Crippen molar-refractivity contribution in [3.05, 3.63) is 101 Å². The van der Waals surface area contributed by atoms with Crippen molar-refractivity contribution >= 4 is 29.3 Å². The van der Waals surface area contributed by atoms with E-state index in [2.05, 4.69) is 82.5 Å². The van der Waals surface area contributed by atoms with Crippen LogP contribution < -0.4 is 5.32 Å². The summed E-state index contributed by atoms with van der Waals surface area (Å²) in [6.45, 7) is 4.30. The number of fused-ring (bicyclic) bond motifs is 1. The molecule has 2 heterocycles. The lowest BCUT2D eigenvalue weighted by Gasteiger charge is -2.18. The molecule has 6 heteroatoms. The Morgan fingerprint density at radius 3 is 2.59 bits per heavy atom. The highest BCUT2D eigenvalue weighted by molar-refractivity contribution is 5.85. The van der Waals surface area contributed by atoms with E-state index in [9.17, 15) is 4.79 Å². The van der Waals surface area contributed by atoms with Crippen LogP contribution in [0.4, 0.5) is 0 Å². The summed E-state index contributed by atoms with van der Waals surface area (Å²) in [5.41, 5.74) is 5.65. The summed E-state index contributed by atoms with van der Waals surface area (Å²) in [4.78, 5) is 19.7. The molecule has 178 valence electrons. The summed E-state index contributed by atoms with van der Waals surface area (Å²) in [6, 6.07) is 23.0. The molecule has 0 aliphatic carbocycles. The molecule has 0 aliphatic rings. The van der Waals surface area contributed by atoms with E-state index < -0.39 is 0 Å². The minimum Gasteiger partial charge on any atom is -0.355 e. The number of carbonyl (C=O) groups excluding carboxylic acids is 1. The zero-order valence-corrected chi connectivity index (χ0v) is 20.9. The highest BCUT2D eigenvalue weighted by Gasteiger charge is 2.23. The second kappa shape index (κ2) is 11.8. The van der Waals surface area contributed by atoms with Crippen LogP contribution in [0.2, 0.25) is 0 Å². The van der Waals surface area contributed by atoms with Crippen molar-refractivity contribution in [1.29, 1.82) is 0 Å². The fourth-order valence-electron chi connectivity index (χ4n) is 4.30. The number of rotatable bonds is 9. The normalized spacial score (nSPS) is 11.9. The van der Waals surface area contributed by atoms with Crippen LogP contribution >= 0.6 is 12.4 Å². The zero-order chi connectivity index (χ0) is 23.2. The lowest BCUT2D eigenvalue weighted by atomic mass is 9.87. The Kier molecular flexibility index (Phi) is 8.85. The minimum absolute atomic E-state index is 0. The van der Waals surface area contributed by atoms with Crippen LogP contribution in [0, 0.1) is 6.92 Å². The van der Waals surface area contributed by atoms with Crippen molar-refractivity contribution in [1.82, 2.24) is 19.8 Å². The van der Waals surface area contributed by atoms with Gasteiger partial charge in [-0.25, -0.2) is 4.98 Å². The number of amides is 1. The Bertz CT molecular complexity index is 1220. The highest BCUT2D eigenvalue weighted by Crippen LogP contribution is 2.34. The predicted octanol–water partition coefficient (Wildman–Crippen LogP) is 5.01. The van der Waals surface area contributed by atoms with E-state index in [-0.39, 0.29) is 24.2 Å². The quantitative estimate of drug-likeness (QED) is 0.369. The predicted molar refractivity (Wildman–Crippen MR) is 142 cm³/mol. The van der Waals surface area contributed by atoms with Gasteiger partial charge in [0.15, 0.2) is 0 Å². The number of hydrogen-bond acceptors (Lipinski definition) is 3. The Labute approximate surface area is 208 Å². The molecule has 0 saturated heterocycles. The first kappa shape index (κ1) is 25.5. The molecular formula is C28H33ClN4O. The van der Waals surface area contributed by atoms with Gasteiger partial charge >= 0.3 is 0 Å². The van der Waals surface area contributed by atoms with Gasteiger partial charge in [0, 0.05) is 49.8 Å². The van der Waals surface area contributed by atoms with Crippen LogP contribution in [0.5, 0.6) is 0 Å². The van der Waals surface area contributed by atoms with Gasteiger partial charge in [0.1, 0.15) is 5.65 Å². The van der Waals surface area contributed by atoms with Crippen molar-refractivity contribution in [2.45, 2.75) is 25.8 Å². The zero-order valence-electron chi connectivity index (χ0n) is 20.1. The SMILES string of the molecule is Cc1cccc(C(CC(=O)NCCN(C)C)c2cn(Cc3ccccc3)c3ncccc23)c1.Cl. The largest absolute Gasteiger partial charge is 0.355 e. The Hall–Kier alpha value is -3.15. The van der Waals surface area contributed by atoms with Crippen molar-refractivity contribution in [2.75, 3.05) is 27.2 Å². The van der Waals surface area contributed by atoms with E-state index in [0.29, 0.717) is 13.0 Å². The first-order valence-corrected chi connectivity index (χ1v) is 11.5. The molecule has 4 rings (SSSR count). The number of nitrogens with zero attached hydrogens (tertiary/aromatic N) is 3. The lowest BCUT2D eigenvalue weighted by Crippen LogP contribution is -2.32. The van der Waals surface area contributed by atoms with Gasteiger partial charge in [-0.05, 0) is 49.8 Å². The number of carbonyl (C=O) groups is 1. The molecule has 1 atom stereocenters. The molecule has 2 aromatic carbocycles. The topological polar surface area (TPSA) is 50.2 Å². The summed E-state index contributed by atoms with van der Waals surface area (Å²) in [5, 5.41) is 4.19. The smallest absolute Gasteiger partial charge is 0.220 e. The van der Waals surface area contributed by atoms with Gasteiger partial charge in [-0.1, -0.05) is 60.2 Å². The van der Waals surface area contributed by atoms with Gasteiger partial charge in [-0.15, -0.1) is 12.4 Å². The Balaban J connectivity index is 0.00000324. The Morgan fingerprint density at radius 2 is 1.85 bits per heavy atom. The summed E-state index contributed by atoms with van der Waals surface area (Å²) < 4.78 is 2.20. The summed E-state index contributed by atoms with van der Waals surface area (Å²) >= 11 is 0. The lowest BCUT2D eigenvalue weighted by molar-refractivity contribution is -0.121. The van der Waals surface area contributed by atoms with E-state index >= 15 is 0 Å². The van der Waals surface area contributed by atoms with Crippen molar-refractivity contribution < 1.29 is 4.79 Å². The molecular weight excluding hydrogens is 444 g/mol. The van der Waals surface area contributed by atoms with Crippen LogP contribution in [0.25, 0.3) is 11.0 Å². The van der Waals surface area contributed by atoms with Gasteiger partial charge in [-0.3, -0.25) is 4.79 Å². The number of pyridine rings is 1. The monoisotopic (exact) mass is 476 g/mol. The van der Waals surface area contributed by atoms with E-state index in [1.54, 1.807) is 0 Å². The van der Waals surface area contributed by atoms with Crippen molar-refractivity contribution in [3.63, 3.8) is 0 Å². The second-order valence-corrected chi connectivity index (χ2v) is 8.90. The van der Waals surface area contributed by atoms with Gasteiger partial charge in [0.2, 0.25) is 5.91 Å². The molecule has 0 spiro atoms. The summed E-state index contributed by atoms with van der Waals surface area (Å²) in [5.74, 6) is 0.0178. The number of aromatic nitrogens is 2. The maximum atomic E-state index is 12.9. The van der Waals surface area contributed by atoms with E-state index in [1.807, 2.05) is 32.4 Å². The van der Waals surface area contributed by atoms with Gasteiger partial charge in [0.25, 0.3) is 0 Å². The first-order chi connectivity index (χ1) is 16.0. The van der Waals surface area contributed by atoms with Crippen LogP contribution in [0.3, 0.4) is 0 Å². The maximum Gasteiger partial charge on any atom is 0.220 e. The number of aryl methyl sites for hydroxylation is 1. The van der Waals surface area contributed by atoms with Crippen LogP contribution in [0.1, 0.15) is 34.6 Å². The minimum atomic E-state index is -0.0482. The third kappa shape index (κ3) is 6.25. The fourth-order valence-corrected chi connectivity index (χ4v) is 4.30. The average molecular weight is 477 g/mol. The standard InChI is InChI=1S/C28H32N4O.ClH/c1-21-9-7-12-23(17-21)25(18-27(33)29-15-16-31(2)3)26-20-32(19-22-10-5-4-6-11-22)28-24(26)13-8-14-30-28;/h4-14,17,20,25H,15-16,18-19H2,1-3H3,(H,29,33);1H. The third-order valence-electron chi connectivity index (χ3n) is 5.95. The van der Waals surface area contributed by atoms with Gasteiger partial charge < -0.3 is 14.8 Å². The molecule has 5 nitrogen and oxygen atoms in total. The van der Waals surface area contributed by atoms with Crippen molar-refractivity contribution in [3.8, 4) is 0 Å². The number of hydrogen-bond donors (Lipinski definition) is 1. The number of benzene rings is 2. The fraction of sp³-hybridized carbons (Fsp3) is 0.286. The average Bonchev–Trinajstić information content (AvgIpc) is 3.16. The first-order valence-electron chi connectivity index (χ1n) is 11.5. The molecule has 34 heavy (non-hydrogen) atoms. The number of halogens is 1. The highest BCUT2D eigenvalue weighted by atomic mass is 35.5. The van der Waals surface area contributed by atoms with Gasteiger partial charge in [0.05, 0.1) is 0 Å². The third-order valence-corrected chi connectivity index (χ3v) is 5.95. The van der Waals surface area contributed by atoms with Crippen LogP contribution in [-0.2, 0) is 11.3 Å². The summed E-state index contributed by atoms with van der Waals surface area (Å²) in [7, 11) is 4.02. The number of likely N-dealkylation sites (N-methyl/N-ethyl adjacent to an activating group) is 1. The molecule has 4 aromatic rings. The molecule has 1 unspecified atom stereocenters. The molecule has 1 amide bonds. The van der Waals surface area contributed by atoms with Gasteiger partial charge in [-0.2, -0.15) is 0 Å². The molecule has 1 N–H and O–H groups in total. The Morgan fingerprint density at radius 1 is 1.06 bits per heavy atom.